The second-order valence-corrected chi connectivity index (χ2v) is 6.75. The number of rotatable bonds is 6. The molecule has 28 heavy (non-hydrogen) atoms. The molecule has 0 aliphatic carbocycles. The van der Waals surface area contributed by atoms with Crippen LogP contribution in [0.2, 0.25) is 0 Å². The number of benzene rings is 2. The number of carbonyl (C=O) groups is 1. The van der Waals surface area contributed by atoms with E-state index in [1.165, 1.54) is 0 Å². The molecule has 1 saturated heterocycles. The van der Waals surface area contributed by atoms with Crippen LogP contribution in [0.1, 0.15) is 41.5 Å². The van der Waals surface area contributed by atoms with Crippen LogP contribution in [0.5, 0.6) is 0 Å². The lowest BCUT2D eigenvalue weighted by atomic mass is 9.89. The van der Waals surface area contributed by atoms with Gasteiger partial charge in [-0.05, 0) is 35.7 Å². The van der Waals surface area contributed by atoms with E-state index in [1.807, 2.05) is 30.3 Å². The summed E-state index contributed by atoms with van der Waals surface area (Å²) < 4.78 is 70.4. The Bertz CT molecular complexity index is 838. The highest BCUT2D eigenvalue weighted by molar-refractivity contribution is 5.79. The minimum Gasteiger partial charge on any atom is -0.374 e. The van der Waals surface area contributed by atoms with Gasteiger partial charge in [0, 0.05) is 12.0 Å². The Labute approximate surface area is 158 Å². The minimum absolute atomic E-state index is 0.00217. The van der Waals surface area contributed by atoms with Crippen LogP contribution >= 0.6 is 0 Å². The zero-order valence-corrected chi connectivity index (χ0v) is 14.7. The normalized spacial score (nSPS) is 19.9. The molecule has 1 atom stereocenters. The number of ether oxygens (including phenoxy) is 1. The van der Waals surface area contributed by atoms with Gasteiger partial charge in [0.1, 0.15) is 0 Å². The minimum atomic E-state index is -4.73. The first-order chi connectivity index (χ1) is 13.2. The molecular formula is C20H18F5NO2. The van der Waals surface area contributed by atoms with E-state index in [2.05, 4.69) is 5.32 Å². The molecule has 0 aromatic heterocycles. The molecule has 2 aromatic carbocycles. The number of nitrogens with one attached hydrogen (secondary N) is 1. The maximum Gasteiger partial charge on any atom is 0.416 e. The van der Waals surface area contributed by atoms with E-state index in [1.54, 1.807) is 0 Å². The molecule has 1 aliphatic heterocycles. The highest BCUT2D eigenvalue weighted by atomic mass is 19.4. The van der Waals surface area contributed by atoms with Gasteiger partial charge in [-0.25, -0.2) is 8.78 Å². The van der Waals surface area contributed by atoms with E-state index in [0.717, 1.165) is 17.7 Å². The number of amides is 1. The summed E-state index contributed by atoms with van der Waals surface area (Å²) in [6, 6.07) is 11.3. The molecule has 0 bridgehead atoms. The molecule has 0 saturated carbocycles. The highest BCUT2D eigenvalue weighted by Gasteiger charge is 2.39. The Morgan fingerprint density at radius 3 is 2.39 bits per heavy atom. The van der Waals surface area contributed by atoms with Crippen molar-refractivity contribution in [3.05, 3.63) is 70.8 Å². The first kappa shape index (κ1) is 20.3. The van der Waals surface area contributed by atoms with Crippen molar-refractivity contribution < 1.29 is 31.5 Å². The molecule has 1 amide bonds. The Hall–Kier alpha value is -2.48. The number of hydrogen-bond acceptors (Lipinski definition) is 2. The van der Waals surface area contributed by atoms with Gasteiger partial charge in [-0.15, -0.1) is 0 Å². The summed E-state index contributed by atoms with van der Waals surface area (Å²) in [5, 5.41) is 2.87. The topological polar surface area (TPSA) is 38.3 Å². The largest absolute Gasteiger partial charge is 0.416 e. The van der Waals surface area contributed by atoms with Crippen LogP contribution < -0.4 is 5.32 Å². The van der Waals surface area contributed by atoms with E-state index in [-0.39, 0.29) is 24.7 Å². The zero-order valence-electron chi connectivity index (χ0n) is 14.7. The Kier molecular flexibility index (Phi) is 5.69. The smallest absolute Gasteiger partial charge is 0.374 e. The lowest BCUT2D eigenvalue weighted by Crippen LogP contribution is -2.42. The van der Waals surface area contributed by atoms with Gasteiger partial charge in [-0.3, -0.25) is 4.79 Å². The first-order valence-electron chi connectivity index (χ1n) is 8.63. The monoisotopic (exact) mass is 399 g/mol. The number of halogens is 5. The second kappa shape index (κ2) is 7.87. The van der Waals surface area contributed by atoms with Crippen molar-refractivity contribution in [2.24, 2.45) is 0 Å². The van der Waals surface area contributed by atoms with Crippen molar-refractivity contribution in [2.45, 2.75) is 37.6 Å². The molecule has 3 rings (SSSR count). The van der Waals surface area contributed by atoms with E-state index in [0.29, 0.717) is 18.9 Å². The predicted octanol–water partition coefficient (Wildman–Crippen LogP) is 4.97. The standard InChI is InChI=1S/C20H18F5NO2/c21-18(22)14-8-13(9-16(10-14)20(23,24)25)11-28-12-19(7-6-17(27)26-19)15-4-2-1-3-5-15/h1-5,8-10,18H,6-7,11-12H2,(H,26,27)/t19-/m1/s1. The predicted molar refractivity (Wildman–Crippen MR) is 91.6 cm³/mol. The van der Waals surface area contributed by atoms with E-state index < -0.39 is 29.3 Å². The molecule has 1 N–H and O–H groups in total. The fourth-order valence-electron chi connectivity index (χ4n) is 3.32. The Morgan fingerprint density at radius 2 is 1.82 bits per heavy atom. The van der Waals surface area contributed by atoms with Crippen molar-refractivity contribution in [2.75, 3.05) is 6.61 Å². The molecule has 150 valence electrons. The summed E-state index contributed by atoms with van der Waals surface area (Å²) in [5.74, 6) is -0.147. The van der Waals surface area contributed by atoms with Gasteiger partial charge in [0.2, 0.25) is 5.91 Å². The third-order valence-corrected chi connectivity index (χ3v) is 4.70. The van der Waals surface area contributed by atoms with Gasteiger partial charge in [-0.1, -0.05) is 30.3 Å². The van der Waals surface area contributed by atoms with Crippen LogP contribution in [0.4, 0.5) is 22.0 Å². The van der Waals surface area contributed by atoms with E-state index >= 15 is 0 Å². The summed E-state index contributed by atoms with van der Waals surface area (Å²) in [6.07, 6.45) is -6.98. The molecule has 0 unspecified atom stereocenters. The van der Waals surface area contributed by atoms with Gasteiger partial charge in [0.15, 0.2) is 0 Å². The maximum absolute atomic E-state index is 13.0. The average Bonchev–Trinajstić information content (AvgIpc) is 3.03. The number of carbonyl (C=O) groups excluding carboxylic acids is 1. The van der Waals surface area contributed by atoms with Crippen molar-refractivity contribution in [3.8, 4) is 0 Å². The molecule has 1 fully saturated rings. The third kappa shape index (κ3) is 4.49. The molecular weight excluding hydrogens is 381 g/mol. The Balaban J connectivity index is 1.78. The molecule has 3 nitrogen and oxygen atoms in total. The van der Waals surface area contributed by atoms with Crippen LogP contribution in [0, 0.1) is 0 Å². The summed E-state index contributed by atoms with van der Waals surface area (Å²) in [5.41, 5.74) is -1.82. The maximum atomic E-state index is 13.0. The van der Waals surface area contributed by atoms with E-state index in [9.17, 15) is 26.7 Å². The summed E-state index contributed by atoms with van der Waals surface area (Å²) >= 11 is 0. The zero-order chi connectivity index (χ0) is 20.4. The van der Waals surface area contributed by atoms with Crippen LogP contribution in [0.25, 0.3) is 0 Å². The molecule has 1 aliphatic rings. The number of hydrogen-bond donors (Lipinski definition) is 1. The lowest BCUT2D eigenvalue weighted by Gasteiger charge is -2.29. The van der Waals surface area contributed by atoms with Gasteiger partial charge in [0.25, 0.3) is 6.43 Å². The average molecular weight is 399 g/mol. The third-order valence-electron chi connectivity index (χ3n) is 4.70. The van der Waals surface area contributed by atoms with Crippen molar-refractivity contribution in [1.82, 2.24) is 5.32 Å². The molecule has 1 heterocycles. The lowest BCUT2D eigenvalue weighted by molar-refractivity contribution is -0.137. The fraction of sp³-hybridized carbons (Fsp3) is 0.350. The van der Waals surface area contributed by atoms with Crippen LogP contribution in [0.3, 0.4) is 0 Å². The van der Waals surface area contributed by atoms with Gasteiger partial charge in [0.05, 0.1) is 24.3 Å². The first-order valence-corrected chi connectivity index (χ1v) is 8.63. The quantitative estimate of drug-likeness (QED) is 0.697. The van der Waals surface area contributed by atoms with Crippen LogP contribution in [-0.4, -0.2) is 12.5 Å². The van der Waals surface area contributed by atoms with Gasteiger partial charge >= 0.3 is 6.18 Å². The number of alkyl halides is 5. The molecule has 0 radical (unpaired) electrons. The van der Waals surface area contributed by atoms with Crippen molar-refractivity contribution >= 4 is 5.91 Å². The highest BCUT2D eigenvalue weighted by Crippen LogP contribution is 2.34. The Morgan fingerprint density at radius 1 is 1.11 bits per heavy atom. The summed E-state index contributed by atoms with van der Waals surface area (Å²) in [6.45, 7) is -0.267. The molecule has 0 spiro atoms. The van der Waals surface area contributed by atoms with Gasteiger partial charge in [-0.2, -0.15) is 13.2 Å². The van der Waals surface area contributed by atoms with Gasteiger partial charge < -0.3 is 10.1 Å². The van der Waals surface area contributed by atoms with E-state index in [4.69, 9.17) is 4.74 Å². The summed E-state index contributed by atoms with van der Waals surface area (Å²) in [4.78, 5) is 11.8. The molecule has 8 heteroatoms. The van der Waals surface area contributed by atoms with Crippen LogP contribution in [0.15, 0.2) is 48.5 Å². The van der Waals surface area contributed by atoms with Crippen LogP contribution in [-0.2, 0) is 27.9 Å². The van der Waals surface area contributed by atoms with Crippen molar-refractivity contribution in [1.29, 1.82) is 0 Å². The summed E-state index contributed by atoms with van der Waals surface area (Å²) in [7, 11) is 0. The van der Waals surface area contributed by atoms with Crippen molar-refractivity contribution in [3.63, 3.8) is 0 Å². The molecule has 2 aromatic rings. The SMILES string of the molecule is O=C1CC[C@@](COCc2cc(C(F)F)cc(C(F)(F)F)c2)(c2ccccc2)N1. The fourth-order valence-corrected chi connectivity index (χ4v) is 3.32. The second-order valence-electron chi connectivity index (χ2n) is 6.75.